The lowest BCUT2D eigenvalue weighted by Crippen LogP contribution is -2.30. The molecule has 0 bridgehead atoms. The zero-order valence-electron chi connectivity index (χ0n) is 17.6. The number of carbonyl (C=O) groups excluding carboxylic acids is 2. The quantitative estimate of drug-likeness (QED) is 0.265. The van der Waals surface area contributed by atoms with Gasteiger partial charge < -0.3 is 19.8 Å². The zero-order chi connectivity index (χ0) is 23.3. The van der Waals surface area contributed by atoms with E-state index in [9.17, 15) is 23.9 Å². The lowest BCUT2D eigenvalue weighted by molar-refractivity contribution is -0.140. The fourth-order valence-corrected chi connectivity index (χ4v) is 3.77. The average molecular weight is 441 g/mol. The Morgan fingerprint density at radius 1 is 1.06 bits per heavy atom. The number of aliphatic carboxylic acids is 1. The summed E-state index contributed by atoms with van der Waals surface area (Å²) < 4.78 is 18.6. The number of ether oxygens (including phenoxy) is 1. The van der Waals surface area contributed by atoms with Crippen molar-refractivity contribution >= 4 is 23.4 Å². The van der Waals surface area contributed by atoms with E-state index >= 15 is 0 Å². The highest BCUT2D eigenvalue weighted by Crippen LogP contribution is 2.40. The van der Waals surface area contributed by atoms with Gasteiger partial charge in [0.2, 0.25) is 0 Å². The number of halogens is 1. The van der Waals surface area contributed by atoms with Gasteiger partial charge in [-0.05, 0) is 54.8 Å². The van der Waals surface area contributed by atoms with E-state index in [2.05, 4.69) is 0 Å². The van der Waals surface area contributed by atoms with Crippen molar-refractivity contribution in [2.75, 3.05) is 13.7 Å². The van der Waals surface area contributed by atoms with Crippen LogP contribution in [-0.2, 0) is 14.4 Å². The number of likely N-dealkylation sites (tertiary alicyclic amines) is 1. The Hall–Kier alpha value is -3.68. The second-order valence-electron chi connectivity index (χ2n) is 7.48. The Bertz CT molecular complexity index is 1050. The average Bonchev–Trinajstić information content (AvgIpc) is 3.03. The highest BCUT2D eigenvalue weighted by molar-refractivity contribution is 6.46. The number of Topliss-reactive ketones (excluding diaryl/α,β-unsaturated/α-hetero) is 1. The molecule has 2 N–H and O–H groups in total. The summed E-state index contributed by atoms with van der Waals surface area (Å²) in [5.74, 6) is -2.82. The number of hydrogen-bond acceptors (Lipinski definition) is 5. The number of amides is 1. The number of hydrogen-bond donors (Lipinski definition) is 2. The van der Waals surface area contributed by atoms with E-state index in [-0.39, 0.29) is 29.9 Å². The molecule has 0 spiro atoms. The second kappa shape index (κ2) is 10.1. The fraction of sp³-hybridized carbons (Fsp3) is 0.292. The number of aliphatic hydroxyl groups excluding tert-OH is 1. The zero-order valence-corrected chi connectivity index (χ0v) is 17.6. The molecule has 0 aliphatic carbocycles. The first-order valence-electron chi connectivity index (χ1n) is 10.2. The summed E-state index contributed by atoms with van der Waals surface area (Å²) in [6.07, 6.45) is 1.55. The second-order valence-corrected chi connectivity index (χ2v) is 7.48. The molecule has 8 heteroatoms. The van der Waals surface area contributed by atoms with Gasteiger partial charge in [-0.3, -0.25) is 14.4 Å². The molecule has 1 fully saturated rings. The summed E-state index contributed by atoms with van der Waals surface area (Å²) in [6.45, 7) is 0.215. The fourth-order valence-electron chi connectivity index (χ4n) is 3.77. The van der Waals surface area contributed by atoms with Crippen LogP contribution in [0.1, 0.15) is 42.9 Å². The number of methoxy groups -OCH3 is 1. The number of benzene rings is 2. The number of unbranched alkanes of at least 4 members (excludes halogenated alkanes) is 2. The Balaban J connectivity index is 1.99. The molecule has 7 nitrogen and oxygen atoms in total. The molecule has 1 heterocycles. The van der Waals surface area contributed by atoms with Crippen LogP contribution < -0.4 is 4.74 Å². The minimum Gasteiger partial charge on any atom is -0.507 e. The maximum Gasteiger partial charge on any atom is 0.303 e. The number of nitrogens with zero attached hydrogens (tertiary/aromatic N) is 1. The van der Waals surface area contributed by atoms with E-state index in [1.54, 1.807) is 24.3 Å². The summed E-state index contributed by atoms with van der Waals surface area (Å²) in [7, 11) is 1.50. The highest BCUT2D eigenvalue weighted by Gasteiger charge is 2.45. The minimum atomic E-state index is -0.888. The van der Waals surface area contributed by atoms with Gasteiger partial charge in [-0.15, -0.1) is 0 Å². The summed E-state index contributed by atoms with van der Waals surface area (Å²) in [5.41, 5.74) is 0.719. The SMILES string of the molecule is COc1cccc(C2C(=C(O)c3ccc(F)cc3)C(=O)C(=O)N2CCCCCC(=O)O)c1. The van der Waals surface area contributed by atoms with Gasteiger partial charge in [-0.25, -0.2) is 4.39 Å². The minimum absolute atomic E-state index is 0.0305. The van der Waals surface area contributed by atoms with Crippen LogP contribution >= 0.6 is 0 Å². The van der Waals surface area contributed by atoms with E-state index in [0.717, 1.165) is 12.1 Å². The summed E-state index contributed by atoms with van der Waals surface area (Å²) in [4.78, 5) is 37.9. The monoisotopic (exact) mass is 441 g/mol. The predicted molar refractivity (Wildman–Crippen MR) is 115 cm³/mol. The Morgan fingerprint density at radius 3 is 2.44 bits per heavy atom. The molecule has 1 atom stereocenters. The summed E-state index contributed by atoms with van der Waals surface area (Å²) in [6, 6.07) is 11.0. The molecule has 1 aliphatic heterocycles. The van der Waals surface area contributed by atoms with E-state index in [1.807, 2.05) is 0 Å². The smallest absolute Gasteiger partial charge is 0.303 e. The predicted octanol–water partition coefficient (Wildman–Crippen LogP) is 3.90. The van der Waals surface area contributed by atoms with Gasteiger partial charge >= 0.3 is 5.97 Å². The van der Waals surface area contributed by atoms with Gasteiger partial charge in [0.25, 0.3) is 11.7 Å². The Kier molecular flexibility index (Phi) is 7.25. The number of carboxylic acids is 1. The van der Waals surface area contributed by atoms with Crippen LogP contribution in [0.2, 0.25) is 0 Å². The van der Waals surface area contributed by atoms with Gasteiger partial charge in [-0.1, -0.05) is 18.6 Å². The summed E-state index contributed by atoms with van der Waals surface area (Å²) in [5, 5.41) is 19.7. The van der Waals surface area contributed by atoms with Gasteiger partial charge in [-0.2, -0.15) is 0 Å². The van der Waals surface area contributed by atoms with Crippen molar-refractivity contribution in [3.8, 4) is 5.75 Å². The number of carboxylic acid groups (broad SMARTS) is 1. The molecule has 1 aliphatic rings. The van der Waals surface area contributed by atoms with Crippen LogP contribution in [0.3, 0.4) is 0 Å². The number of rotatable bonds is 9. The van der Waals surface area contributed by atoms with E-state index in [1.165, 1.54) is 24.1 Å². The maximum atomic E-state index is 13.3. The van der Waals surface area contributed by atoms with E-state index in [0.29, 0.717) is 30.6 Å². The van der Waals surface area contributed by atoms with Crippen molar-refractivity contribution in [2.45, 2.75) is 31.7 Å². The molecular formula is C24H24FNO6. The van der Waals surface area contributed by atoms with E-state index in [4.69, 9.17) is 9.84 Å². The lowest BCUT2D eigenvalue weighted by Gasteiger charge is -2.25. The van der Waals surface area contributed by atoms with Crippen molar-refractivity contribution in [1.29, 1.82) is 0 Å². The van der Waals surface area contributed by atoms with Crippen molar-refractivity contribution < 1.29 is 33.7 Å². The van der Waals surface area contributed by atoms with Gasteiger partial charge in [0, 0.05) is 18.5 Å². The molecule has 1 unspecified atom stereocenters. The van der Waals surface area contributed by atoms with Crippen LogP contribution in [0.5, 0.6) is 5.75 Å². The van der Waals surface area contributed by atoms with Crippen LogP contribution in [0.15, 0.2) is 54.1 Å². The molecule has 1 saturated heterocycles. The molecular weight excluding hydrogens is 417 g/mol. The lowest BCUT2D eigenvalue weighted by atomic mass is 9.95. The first-order valence-corrected chi connectivity index (χ1v) is 10.2. The molecule has 0 radical (unpaired) electrons. The third kappa shape index (κ3) is 4.96. The van der Waals surface area contributed by atoms with Gasteiger partial charge in [0.05, 0.1) is 18.7 Å². The van der Waals surface area contributed by atoms with Crippen LogP contribution in [0, 0.1) is 5.82 Å². The maximum absolute atomic E-state index is 13.3. The number of carbonyl (C=O) groups is 3. The van der Waals surface area contributed by atoms with Crippen molar-refractivity contribution in [1.82, 2.24) is 4.90 Å². The standard InChI is InChI=1S/C24H24FNO6/c1-32-18-7-5-6-16(14-18)21-20(22(29)15-9-11-17(25)12-10-15)23(30)24(31)26(21)13-4-2-3-8-19(27)28/h5-7,9-12,14,21,29H,2-4,8,13H2,1H3,(H,27,28). The number of ketones is 1. The number of aliphatic hydroxyl groups is 1. The molecule has 0 saturated carbocycles. The Labute approximate surface area is 184 Å². The van der Waals surface area contributed by atoms with Crippen molar-refractivity contribution in [3.05, 3.63) is 71.0 Å². The molecule has 2 aromatic carbocycles. The molecule has 2 aromatic rings. The Morgan fingerprint density at radius 2 is 1.78 bits per heavy atom. The molecule has 0 aromatic heterocycles. The molecule has 168 valence electrons. The van der Waals surface area contributed by atoms with Crippen molar-refractivity contribution in [2.24, 2.45) is 0 Å². The first-order chi connectivity index (χ1) is 15.3. The van der Waals surface area contributed by atoms with Gasteiger partial charge in [0.15, 0.2) is 0 Å². The first kappa shape index (κ1) is 23.0. The van der Waals surface area contributed by atoms with E-state index < -0.39 is 29.5 Å². The summed E-state index contributed by atoms with van der Waals surface area (Å²) >= 11 is 0. The van der Waals surface area contributed by atoms with Gasteiger partial charge in [0.1, 0.15) is 17.3 Å². The van der Waals surface area contributed by atoms with Crippen LogP contribution in [0.25, 0.3) is 5.76 Å². The highest BCUT2D eigenvalue weighted by atomic mass is 19.1. The third-order valence-electron chi connectivity index (χ3n) is 5.36. The normalized spacial score (nSPS) is 17.6. The largest absolute Gasteiger partial charge is 0.507 e. The van der Waals surface area contributed by atoms with Crippen molar-refractivity contribution in [3.63, 3.8) is 0 Å². The van der Waals surface area contributed by atoms with Crippen LogP contribution in [0.4, 0.5) is 4.39 Å². The molecule has 3 rings (SSSR count). The molecule has 32 heavy (non-hydrogen) atoms. The third-order valence-corrected chi connectivity index (χ3v) is 5.36. The molecule has 1 amide bonds. The topological polar surface area (TPSA) is 104 Å². The van der Waals surface area contributed by atoms with Crippen LogP contribution in [-0.4, -0.2) is 46.4 Å².